The lowest BCUT2D eigenvalue weighted by molar-refractivity contribution is 0.211. The maximum absolute atomic E-state index is 10.8. The Morgan fingerprint density at radius 2 is 1.65 bits per heavy atom. The maximum Gasteiger partial charge on any atom is 0.128 e. The van der Waals surface area contributed by atoms with Crippen LogP contribution in [0, 0.1) is 34.6 Å². The van der Waals surface area contributed by atoms with Crippen molar-refractivity contribution in [3.05, 3.63) is 51.5 Å². The fourth-order valence-electron chi connectivity index (χ4n) is 2.67. The molecule has 0 spiro atoms. The van der Waals surface area contributed by atoms with E-state index in [2.05, 4.69) is 0 Å². The molecule has 0 amide bonds. The molecule has 1 unspecified atom stereocenters. The van der Waals surface area contributed by atoms with Crippen LogP contribution in [0.3, 0.4) is 0 Å². The normalized spacial score (nSPS) is 12.6. The van der Waals surface area contributed by atoms with Gasteiger partial charge in [-0.05, 0) is 51.3 Å². The standard InChI is InChI=1S/C17H22O3/c1-9-7-8-14(17(19-6)10(9)2)16(18)15-11(3)12(4)20-13(15)5/h7-8,16,18H,1-6H3. The van der Waals surface area contributed by atoms with Crippen molar-refractivity contribution in [3.8, 4) is 5.75 Å². The van der Waals surface area contributed by atoms with E-state index in [9.17, 15) is 5.11 Å². The van der Waals surface area contributed by atoms with E-state index in [1.807, 2.05) is 46.8 Å². The van der Waals surface area contributed by atoms with Crippen LogP contribution in [0.1, 0.15) is 45.4 Å². The Kier molecular flexibility index (Phi) is 3.91. The second kappa shape index (κ2) is 5.33. The van der Waals surface area contributed by atoms with Crippen molar-refractivity contribution in [2.45, 2.75) is 40.7 Å². The smallest absolute Gasteiger partial charge is 0.128 e. The molecule has 0 aliphatic heterocycles. The van der Waals surface area contributed by atoms with Crippen molar-refractivity contribution in [1.29, 1.82) is 0 Å². The summed E-state index contributed by atoms with van der Waals surface area (Å²) < 4.78 is 11.1. The quantitative estimate of drug-likeness (QED) is 0.922. The highest BCUT2D eigenvalue weighted by Gasteiger charge is 2.24. The van der Waals surface area contributed by atoms with Crippen molar-refractivity contribution >= 4 is 0 Å². The Morgan fingerprint density at radius 1 is 1.00 bits per heavy atom. The first-order valence-electron chi connectivity index (χ1n) is 6.77. The Labute approximate surface area is 120 Å². The number of aryl methyl sites for hydroxylation is 3. The van der Waals surface area contributed by atoms with E-state index in [1.165, 1.54) is 0 Å². The minimum Gasteiger partial charge on any atom is -0.496 e. The second-order valence-corrected chi connectivity index (χ2v) is 5.29. The van der Waals surface area contributed by atoms with Crippen LogP contribution in [0.4, 0.5) is 0 Å². The van der Waals surface area contributed by atoms with Gasteiger partial charge in [-0.1, -0.05) is 12.1 Å². The largest absolute Gasteiger partial charge is 0.496 e. The third-order valence-electron chi connectivity index (χ3n) is 4.10. The summed E-state index contributed by atoms with van der Waals surface area (Å²) in [5, 5.41) is 10.8. The van der Waals surface area contributed by atoms with Gasteiger partial charge >= 0.3 is 0 Å². The Hall–Kier alpha value is -1.74. The predicted molar refractivity (Wildman–Crippen MR) is 79.4 cm³/mol. The fourth-order valence-corrected chi connectivity index (χ4v) is 2.67. The lowest BCUT2D eigenvalue weighted by atomic mass is 9.94. The van der Waals surface area contributed by atoms with Gasteiger partial charge in [0.1, 0.15) is 23.4 Å². The topological polar surface area (TPSA) is 42.6 Å². The molecule has 0 fully saturated rings. The summed E-state index contributed by atoms with van der Waals surface area (Å²) in [7, 11) is 1.64. The van der Waals surface area contributed by atoms with Gasteiger partial charge in [-0.25, -0.2) is 0 Å². The van der Waals surface area contributed by atoms with Crippen LogP contribution in [0.25, 0.3) is 0 Å². The molecule has 1 aromatic carbocycles. The van der Waals surface area contributed by atoms with Gasteiger partial charge in [0, 0.05) is 11.1 Å². The van der Waals surface area contributed by atoms with Crippen molar-refractivity contribution < 1.29 is 14.3 Å². The van der Waals surface area contributed by atoms with Crippen molar-refractivity contribution in [1.82, 2.24) is 0 Å². The van der Waals surface area contributed by atoms with Crippen LogP contribution in [0.2, 0.25) is 0 Å². The minimum absolute atomic E-state index is 0.735. The number of ether oxygens (including phenoxy) is 1. The summed E-state index contributed by atoms with van der Waals surface area (Å²) in [5.74, 6) is 2.35. The Morgan fingerprint density at radius 3 is 2.15 bits per heavy atom. The molecule has 20 heavy (non-hydrogen) atoms. The van der Waals surface area contributed by atoms with Gasteiger partial charge in [0.15, 0.2) is 0 Å². The number of benzene rings is 1. The molecular formula is C17H22O3. The molecule has 2 rings (SSSR count). The zero-order valence-electron chi connectivity index (χ0n) is 13.0. The molecule has 1 aromatic heterocycles. The van der Waals surface area contributed by atoms with Crippen LogP contribution in [-0.2, 0) is 0 Å². The number of aliphatic hydroxyl groups excluding tert-OH is 1. The average Bonchev–Trinajstić information content (AvgIpc) is 2.65. The summed E-state index contributed by atoms with van der Waals surface area (Å²) >= 11 is 0. The average molecular weight is 274 g/mol. The molecular weight excluding hydrogens is 252 g/mol. The zero-order valence-corrected chi connectivity index (χ0v) is 13.0. The lowest BCUT2D eigenvalue weighted by Gasteiger charge is -2.18. The van der Waals surface area contributed by atoms with Crippen molar-refractivity contribution in [2.24, 2.45) is 0 Å². The molecule has 2 aromatic rings. The summed E-state index contributed by atoms with van der Waals surface area (Å²) in [6.07, 6.45) is -0.735. The Balaban J connectivity index is 2.59. The maximum atomic E-state index is 10.8. The molecule has 1 atom stereocenters. The van der Waals surface area contributed by atoms with Gasteiger partial charge in [-0.15, -0.1) is 0 Å². The van der Waals surface area contributed by atoms with E-state index in [1.54, 1.807) is 7.11 Å². The number of rotatable bonds is 3. The van der Waals surface area contributed by atoms with Gasteiger partial charge in [0.2, 0.25) is 0 Å². The SMILES string of the molecule is COc1c(C(O)c2c(C)oc(C)c2C)ccc(C)c1C. The lowest BCUT2D eigenvalue weighted by Crippen LogP contribution is -2.06. The molecule has 1 N–H and O–H groups in total. The van der Waals surface area contributed by atoms with Gasteiger partial charge < -0.3 is 14.3 Å². The molecule has 0 radical (unpaired) electrons. The number of hydrogen-bond donors (Lipinski definition) is 1. The molecule has 0 saturated carbocycles. The van der Waals surface area contributed by atoms with E-state index in [4.69, 9.17) is 9.15 Å². The summed E-state index contributed by atoms with van der Waals surface area (Å²) in [4.78, 5) is 0. The minimum atomic E-state index is -0.735. The molecule has 0 aliphatic carbocycles. The van der Waals surface area contributed by atoms with E-state index in [0.717, 1.165) is 45.1 Å². The summed E-state index contributed by atoms with van der Waals surface area (Å²) in [5.41, 5.74) is 4.82. The molecule has 3 nitrogen and oxygen atoms in total. The van der Waals surface area contributed by atoms with Gasteiger partial charge in [-0.2, -0.15) is 0 Å². The number of hydrogen-bond acceptors (Lipinski definition) is 3. The monoisotopic (exact) mass is 274 g/mol. The third kappa shape index (κ3) is 2.22. The highest BCUT2D eigenvalue weighted by atomic mass is 16.5. The molecule has 3 heteroatoms. The van der Waals surface area contributed by atoms with E-state index < -0.39 is 6.10 Å². The number of methoxy groups -OCH3 is 1. The van der Waals surface area contributed by atoms with Gasteiger partial charge in [0.25, 0.3) is 0 Å². The summed E-state index contributed by atoms with van der Waals surface area (Å²) in [6, 6.07) is 3.93. The highest BCUT2D eigenvalue weighted by molar-refractivity contribution is 5.50. The first-order valence-corrected chi connectivity index (χ1v) is 6.77. The first-order chi connectivity index (χ1) is 9.38. The number of aliphatic hydroxyl groups is 1. The molecule has 108 valence electrons. The van der Waals surface area contributed by atoms with Crippen LogP contribution in [0.15, 0.2) is 16.5 Å². The number of furan rings is 1. The van der Waals surface area contributed by atoms with Crippen molar-refractivity contribution in [2.75, 3.05) is 7.11 Å². The second-order valence-electron chi connectivity index (χ2n) is 5.29. The van der Waals surface area contributed by atoms with Crippen LogP contribution in [0.5, 0.6) is 5.75 Å². The Bertz CT molecular complexity index is 638. The summed E-state index contributed by atoms with van der Waals surface area (Å²) in [6.45, 7) is 9.80. The van der Waals surface area contributed by atoms with Crippen molar-refractivity contribution in [3.63, 3.8) is 0 Å². The van der Waals surface area contributed by atoms with E-state index in [-0.39, 0.29) is 0 Å². The highest BCUT2D eigenvalue weighted by Crippen LogP contribution is 2.37. The predicted octanol–water partition coefficient (Wildman–Crippen LogP) is 3.91. The molecule has 0 saturated heterocycles. The molecule has 0 bridgehead atoms. The van der Waals surface area contributed by atoms with E-state index in [0.29, 0.717) is 0 Å². The van der Waals surface area contributed by atoms with Gasteiger partial charge in [0.05, 0.1) is 7.11 Å². The van der Waals surface area contributed by atoms with Gasteiger partial charge in [-0.3, -0.25) is 0 Å². The third-order valence-corrected chi connectivity index (χ3v) is 4.10. The van der Waals surface area contributed by atoms with Crippen LogP contribution >= 0.6 is 0 Å². The first kappa shape index (κ1) is 14.7. The zero-order chi connectivity index (χ0) is 15.0. The van der Waals surface area contributed by atoms with Crippen LogP contribution in [-0.4, -0.2) is 12.2 Å². The fraction of sp³-hybridized carbons (Fsp3) is 0.412. The van der Waals surface area contributed by atoms with Crippen LogP contribution < -0.4 is 4.74 Å². The molecule has 0 aliphatic rings. The molecule has 1 heterocycles. The van der Waals surface area contributed by atoms with E-state index >= 15 is 0 Å².